The minimum absolute atomic E-state index is 0.469. The molecule has 16 heavy (non-hydrogen) atoms. The predicted molar refractivity (Wildman–Crippen MR) is 66.5 cm³/mol. The van der Waals surface area contributed by atoms with Gasteiger partial charge in [0.05, 0.1) is 10.7 Å². The Morgan fingerprint density at radius 3 is 2.56 bits per heavy atom. The zero-order valence-corrected chi connectivity index (χ0v) is 10.6. The molecule has 1 atom stereocenters. The van der Waals surface area contributed by atoms with Gasteiger partial charge in [0.25, 0.3) is 0 Å². The first-order chi connectivity index (χ1) is 7.45. The molecule has 0 saturated heterocycles. The highest BCUT2D eigenvalue weighted by Crippen LogP contribution is 2.29. The molecular formula is C11H13Cl2NO2. The van der Waals surface area contributed by atoms with E-state index in [9.17, 15) is 4.79 Å². The second kappa shape index (κ2) is 5.41. The highest BCUT2D eigenvalue weighted by Gasteiger charge is 2.16. The lowest BCUT2D eigenvalue weighted by atomic mass is 10.2. The lowest BCUT2D eigenvalue weighted by Gasteiger charge is -2.15. The van der Waals surface area contributed by atoms with Crippen LogP contribution in [0.5, 0.6) is 0 Å². The van der Waals surface area contributed by atoms with Crippen molar-refractivity contribution >= 4 is 34.9 Å². The van der Waals surface area contributed by atoms with Crippen LogP contribution in [0.15, 0.2) is 12.1 Å². The van der Waals surface area contributed by atoms with Crippen molar-refractivity contribution in [1.82, 2.24) is 0 Å². The summed E-state index contributed by atoms with van der Waals surface area (Å²) < 4.78 is 0. The maximum absolute atomic E-state index is 10.9. The molecule has 0 aliphatic carbocycles. The molecule has 88 valence electrons. The molecule has 0 radical (unpaired) electrons. The van der Waals surface area contributed by atoms with Crippen LogP contribution in [-0.4, -0.2) is 17.1 Å². The molecule has 0 aliphatic heterocycles. The van der Waals surface area contributed by atoms with Crippen molar-refractivity contribution in [3.05, 3.63) is 27.7 Å². The van der Waals surface area contributed by atoms with E-state index in [1.807, 2.05) is 6.92 Å². The van der Waals surface area contributed by atoms with Gasteiger partial charge in [-0.1, -0.05) is 30.1 Å². The second-order valence-corrected chi connectivity index (χ2v) is 4.34. The van der Waals surface area contributed by atoms with Crippen LogP contribution >= 0.6 is 23.2 Å². The fraction of sp³-hybridized carbons (Fsp3) is 0.364. The van der Waals surface area contributed by atoms with E-state index >= 15 is 0 Å². The summed E-state index contributed by atoms with van der Waals surface area (Å²) in [6.07, 6.45) is 0.469. The summed E-state index contributed by atoms with van der Waals surface area (Å²) >= 11 is 11.9. The van der Waals surface area contributed by atoms with Crippen molar-refractivity contribution in [1.29, 1.82) is 0 Å². The molecule has 0 bridgehead atoms. The number of aliphatic carboxylic acids is 1. The maximum Gasteiger partial charge on any atom is 0.326 e. The van der Waals surface area contributed by atoms with Crippen LogP contribution in [0.25, 0.3) is 0 Å². The first-order valence-corrected chi connectivity index (χ1v) is 5.66. The van der Waals surface area contributed by atoms with Gasteiger partial charge in [0.2, 0.25) is 0 Å². The molecule has 0 aliphatic rings. The van der Waals surface area contributed by atoms with Gasteiger partial charge in [0, 0.05) is 5.02 Å². The van der Waals surface area contributed by atoms with Crippen molar-refractivity contribution in [2.45, 2.75) is 26.3 Å². The number of halogens is 2. The number of anilines is 1. The highest BCUT2D eigenvalue weighted by molar-refractivity contribution is 6.35. The first kappa shape index (κ1) is 13.1. The molecule has 1 unspecified atom stereocenters. The van der Waals surface area contributed by atoms with E-state index in [0.29, 0.717) is 22.2 Å². The lowest BCUT2D eigenvalue weighted by molar-refractivity contribution is -0.137. The van der Waals surface area contributed by atoms with Crippen molar-refractivity contribution in [3.8, 4) is 0 Å². The van der Waals surface area contributed by atoms with Gasteiger partial charge in [0.1, 0.15) is 6.04 Å². The summed E-state index contributed by atoms with van der Waals surface area (Å²) in [7, 11) is 0. The van der Waals surface area contributed by atoms with Gasteiger partial charge in [-0.3, -0.25) is 0 Å². The summed E-state index contributed by atoms with van der Waals surface area (Å²) in [5.74, 6) is -0.907. The molecule has 2 N–H and O–H groups in total. The van der Waals surface area contributed by atoms with E-state index < -0.39 is 12.0 Å². The zero-order chi connectivity index (χ0) is 12.3. The number of aryl methyl sites for hydroxylation is 1. The minimum Gasteiger partial charge on any atom is -0.480 e. The van der Waals surface area contributed by atoms with Gasteiger partial charge in [-0.2, -0.15) is 0 Å². The number of hydrogen-bond acceptors (Lipinski definition) is 2. The normalized spacial score (nSPS) is 12.2. The Hall–Kier alpha value is -0.930. The van der Waals surface area contributed by atoms with Crippen LogP contribution < -0.4 is 5.32 Å². The Labute approximate surface area is 104 Å². The fourth-order valence-electron chi connectivity index (χ4n) is 1.28. The van der Waals surface area contributed by atoms with Crippen molar-refractivity contribution in [2.24, 2.45) is 0 Å². The minimum atomic E-state index is -0.907. The number of benzene rings is 1. The van der Waals surface area contributed by atoms with Gasteiger partial charge < -0.3 is 10.4 Å². The largest absolute Gasteiger partial charge is 0.480 e. The molecular weight excluding hydrogens is 249 g/mol. The quantitative estimate of drug-likeness (QED) is 0.871. The molecule has 0 saturated carbocycles. The second-order valence-electron chi connectivity index (χ2n) is 3.52. The van der Waals surface area contributed by atoms with Gasteiger partial charge in [-0.25, -0.2) is 4.79 Å². The van der Waals surface area contributed by atoms with Crippen LogP contribution in [0.1, 0.15) is 18.9 Å². The molecule has 1 aromatic rings. The Morgan fingerprint density at radius 2 is 2.06 bits per heavy atom. The number of nitrogens with one attached hydrogen (secondary N) is 1. The van der Waals surface area contributed by atoms with Crippen LogP contribution in [0.3, 0.4) is 0 Å². The molecule has 0 heterocycles. The summed E-state index contributed by atoms with van der Waals surface area (Å²) in [5, 5.41) is 12.8. The van der Waals surface area contributed by atoms with E-state index in [4.69, 9.17) is 28.3 Å². The van der Waals surface area contributed by atoms with Crippen molar-refractivity contribution < 1.29 is 9.90 Å². The van der Waals surface area contributed by atoms with Gasteiger partial charge >= 0.3 is 5.97 Å². The smallest absolute Gasteiger partial charge is 0.326 e. The number of carbonyl (C=O) groups is 1. The Balaban J connectivity index is 2.96. The van der Waals surface area contributed by atoms with Gasteiger partial charge in [0.15, 0.2) is 0 Å². The van der Waals surface area contributed by atoms with E-state index in [1.54, 1.807) is 19.1 Å². The third-order valence-electron chi connectivity index (χ3n) is 2.28. The van der Waals surface area contributed by atoms with E-state index in [1.165, 1.54) is 0 Å². The van der Waals surface area contributed by atoms with E-state index in [-0.39, 0.29) is 0 Å². The topological polar surface area (TPSA) is 49.3 Å². The Kier molecular flexibility index (Phi) is 4.44. The average Bonchev–Trinajstić information content (AvgIpc) is 2.21. The molecule has 0 amide bonds. The molecule has 5 heteroatoms. The highest BCUT2D eigenvalue weighted by atomic mass is 35.5. The lowest BCUT2D eigenvalue weighted by Crippen LogP contribution is -2.28. The summed E-state index contributed by atoms with van der Waals surface area (Å²) in [4.78, 5) is 10.9. The molecule has 0 spiro atoms. The van der Waals surface area contributed by atoms with Crippen molar-refractivity contribution in [3.63, 3.8) is 0 Å². The monoisotopic (exact) mass is 261 g/mol. The summed E-state index contributed by atoms with van der Waals surface area (Å²) in [5.41, 5.74) is 1.41. The van der Waals surface area contributed by atoms with E-state index in [2.05, 4.69) is 5.32 Å². The van der Waals surface area contributed by atoms with Crippen molar-refractivity contribution in [2.75, 3.05) is 5.32 Å². The van der Waals surface area contributed by atoms with Crippen LogP contribution in [0.4, 0.5) is 5.69 Å². The van der Waals surface area contributed by atoms with Gasteiger partial charge in [-0.15, -0.1) is 0 Å². The number of rotatable bonds is 4. The standard InChI is InChI=1S/C11H13Cl2NO2/c1-3-9(11(15)16)14-10-5-7(12)6(2)4-8(10)13/h4-5,9,14H,3H2,1-2H3,(H,15,16). The van der Waals surface area contributed by atoms with Gasteiger partial charge in [-0.05, 0) is 31.0 Å². The van der Waals surface area contributed by atoms with Crippen LogP contribution in [0.2, 0.25) is 10.0 Å². The number of carboxylic acid groups (broad SMARTS) is 1. The zero-order valence-electron chi connectivity index (χ0n) is 9.05. The average molecular weight is 262 g/mol. The SMILES string of the molecule is CCC(Nc1cc(Cl)c(C)cc1Cl)C(=O)O. The van der Waals surface area contributed by atoms with E-state index in [0.717, 1.165) is 5.56 Å². The van der Waals surface area contributed by atoms with Crippen LogP contribution in [-0.2, 0) is 4.79 Å². The summed E-state index contributed by atoms with van der Waals surface area (Å²) in [6.45, 7) is 3.63. The third-order valence-corrected chi connectivity index (χ3v) is 3.00. The number of carboxylic acids is 1. The first-order valence-electron chi connectivity index (χ1n) is 4.90. The molecule has 1 aromatic carbocycles. The Bertz CT molecular complexity index is 407. The molecule has 0 aromatic heterocycles. The number of hydrogen-bond donors (Lipinski definition) is 2. The molecule has 1 rings (SSSR count). The molecule has 3 nitrogen and oxygen atoms in total. The predicted octanol–water partition coefficient (Wildman–Crippen LogP) is 3.58. The van der Waals surface area contributed by atoms with Crippen LogP contribution in [0, 0.1) is 6.92 Å². The fourth-order valence-corrected chi connectivity index (χ4v) is 1.72. The maximum atomic E-state index is 10.9. The third kappa shape index (κ3) is 3.03. The summed E-state index contributed by atoms with van der Waals surface area (Å²) in [6, 6.07) is 2.70. The molecule has 0 fully saturated rings. The Morgan fingerprint density at radius 1 is 1.44 bits per heavy atom.